The summed E-state index contributed by atoms with van der Waals surface area (Å²) >= 11 is 0. The van der Waals surface area contributed by atoms with E-state index in [9.17, 15) is 9.18 Å². The molecule has 2 aliphatic heterocycles. The molecule has 3 aliphatic rings. The van der Waals surface area contributed by atoms with Crippen LogP contribution >= 0.6 is 0 Å². The fraction of sp³-hybridized carbons (Fsp3) is 0.607. The van der Waals surface area contributed by atoms with Gasteiger partial charge >= 0.3 is 6.09 Å². The average molecular weight is 529 g/mol. The number of anilines is 2. The lowest BCUT2D eigenvalue weighted by atomic mass is 9.92. The van der Waals surface area contributed by atoms with Gasteiger partial charge in [-0.1, -0.05) is 26.8 Å². The highest BCUT2D eigenvalue weighted by molar-refractivity contribution is 5.69. The molecule has 206 valence electrons. The lowest BCUT2D eigenvalue weighted by molar-refractivity contribution is -0.0930. The number of amides is 1. The molecule has 1 saturated carbocycles. The van der Waals surface area contributed by atoms with Crippen LogP contribution in [-0.4, -0.2) is 66.1 Å². The van der Waals surface area contributed by atoms with Gasteiger partial charge in [-0.3, -0.25) is 4.90 Å². The number of piperidine rings is 1. The van der Waals surface area contributed by atoms with Crippen molar-refractivity contribution in [3.05, 3.63) is 35.9 Å². The van der Waals surface area contributed by atoms with Crippen LogP contribution in [0.1, 0.15) is 52.0 Å². The van der Waals surface area contributed by atoms with E-state index < -0.39 is 0 Å². The van der Waals surface area contributed by atoms with E-state index in [1.165, 1.54) is 26.3 Å². The molecule has 0 radical (unpaired) electrons. The first-order valence-corrected chi connectivity index (χ1v) is 13.3. The third kappa shape index (κ3) is 6.28. The number of hydrogen-bond donors (Lipinski definition) is 1. The molecule has 2 unspecified atom stereocenters. The Morgan fingerprint density at radius 1 is 1.18 bits per heavy atom. The predicted octanol–water partition coefficient (Wildman–Crippen LogP) is 5.11. The number of carbonyl (C=O) groups excluding carboxylic acids is 1. The molecular weight excluding hydrogens is 491 g/mol. The first-order chi connectivity index (χ1) is 18.2. The summed E-state index contributed by atoms with van der Waals surface area (Å²) in [5.74, 6) is 1.22. The topological polar surface area (TPSA) is 95.0 Å². The third-order valence-corrected chi connectivity index (χ3v) is 7.08. The minimum Gasteiger partial charge on any atom is -0.489 e. The summed E-state index contributed by atoms with van der Waals surface area (Å²) in [5, 5.41) is 3.03. The summed E-state index contributed by atoms with van der Waals surface area (Å²) in [7, 11) is 1.50. The van der Waals surface area contributed by atoms with E-state index in [0.717, 1.165) is 12.0 Å². The number of fused-ring (bicyclic) bond motifs is 2. The lowest BCUT2D eigenvalue weighted by Crippen LogP contribution is -2.61. The quantitative estimate of drug-likeness (QED) is 0.505. The molecule has 1 aliphatic carbocycles. The Morgan fingerprint density at radius 2 is 1.92 bits per heavy atom. The van der Waals surface area contributed by atoms with Crippen LogP contribution in [0.15, 0.2) is 24.5 Å². The normalized spacial score (nSPS) is 23.1. The summed E-state index contributed by atoms with van der Waals surface area (Å²) < 4.78 is 38.0. The molecule has 2 atom stereocenters. The van der Waals surface area contributed by atoms with E-state index in [1.54, 1.807) is 17.0 Å². The first kappa shape index (κ1) is 26.5. The van der Waals surface area contributed by atoms with Crippen molar-refractivity contribution in [3.8, 4) is 11.6 Å². The number of morpholine rings is 1. The second kappa shape index (κ2) is 10.9. The smallest absolute Gasteiger partial charge is 0.410 e. The number of halogens is 1. The van der Waals surface area contributed by atoms with Gasteiger partial charge in [-0.25, -0.2) is 14.2 Å². The molecule has 38 heavy (non-hydrogen) atoms. The van der Waals surface area contributed by atoms with Crippen LogP contribution in [0.4, 0.5) is 20.7 Å². The fourth-order valence-corrected chi connectivity index (χ4v) is 5.05. The van der Waals surface area contributed by atoms with Crippen molar-refractivity contribution >= 4 is 17.6 Å². The number of methoxy groups -OCH3 is 1. The predicted molar refractivity (Wildman–Crippen MR) is 139 cm³/mol. The monoisotopic (exact) mass is 528 g/mol. The molecule has 9 nitrogen and oxygen atoms in total. The summed E-state index contributed by atoms with van der Waals surface area (Å²) in [6.07, 6.45) is 5.31. The molecule has 1 aromatic heterocycles. The number of nitrogens with one attached hydrogen (secondary N) is 1. The van der Waals surface area contributed by atoms with E-state index in [1.807, 2.05) is 26.8 Å². The van der Waals surface area contributed by atoms with Gasteiger partial charge in [0.25, 0.3) is 5.88 Å². The van der Waals surface area contributed by atoms with Gasteiger partial charge in [0.15, 0.2) is 5.82 Å². The number of benzene rings is 1. The summed E-state index contributed by atoms with van der Waals surface area (Å²) in [4.78, 5) is 23.2. The number of ether oxygens (including phenoxy) is 4. The Hall–Kier alpha value is -3.14. The van der Waals surface area contributed by atoms with E-state index in [2.05, 4.69) is 15.3 Å². The molecule has 5 rings (SSSR count). The molecule has 10 heteroatoms. The minimum absolute atomic E-state index is 0.112. The number of nitrogens with zero attached hydrogens (tertiary/aromatic N) is 3. The van der Waals surface area contributed by atoms with Crippen LogP contribution in [0, 0.1) is 17.2 Å². The van der Waals surface area contributed by atoms with E-state index in [0.29, 0.717) is 55.8 Å². The highest BCUT2D eigenvalue weighted by Crippen LogP contribution is 2.38. The molecule has 2 bridgehead atoms. The van der Waals surface area contributed by atoms with Crippen LogP contribution in [0.2, 0.25) is 0 Å². The van der Waals surface area contributed by atoms with Gasteiger partial charge in [0.05, 0.1) is 44.7 Å². The molecule has 2 aromatic rings. The van der Waals surface area contributed by atoms with Crippen molar-refractivity contribution in [2.45, 2.75) is 71.1 Å². The Balaban J connectivity index is 1.26. The van der Waals surface area contributed by atoms with Crippen molar-refractivity contribution in [1.29, 1.82) is 0 Å². The van der Waals surface area contributed by atoms with E-state index >= 15 is 0 Å². The van der Waals surface area contributed by atoms with E-state index in [-0.39, 0.29) is 41.4 Å². The zero-order valence-corrected chi connectivity index (χ0v) is 22.5. The van der Waals surface area contributed by atoms with Crippen molar-refractivity contribution in [3.63, 3.8) is 0 Å². The van der Waals surface area contributed by atoms with Crippen molar-refractivity contribution in [2.24, 2.45) is 11.3 Å². The van der Waals surface area contributed by atoms with Crippen molar-refractivity contribution in [2.75, 3.05) is 32.2 Å². The third-order valence-electron chi connectivity index (χ3n) is 7.08. The van der Waals surface area contributed by atoms with Gasteiger partial charge in [-0.2, -0.15) is 4.98 Å². The van der Waals surface area contributed by atoms with Gasteiger partial charge < -0.3 is 24.3 Å². The number of aromatic nitrogens is 2. The average Bonchev–Trinajstić information content (AvgIpc) is 3.67. The maximum Gasteiger partial charge on any atom is 0.410 e. The zero-order valence-electron chi connectivity index (χ0n) is 22.5. The van der Waals surface area contributed by atoms with Gasteiger partial charge in [0.1, 0.15) is 18.2 Å². The van der Waals surface area contributed by atoms with Gasteiger partial charge in [0.2, 0.25) is 5.75 Å². The van der Waals surface area contributed by atoms with Crippen LogP contribution in [0.25, 0.3) is 0 Å². The van der Waals surface area contributed by atoms with Gasteiger partial charge in [-0.05, 0) is 48.3 Å². The Kier molecular flexibility index (Phi) is 7.61. The standard InChI is InChI=1S/C28H37FN4O5/c1-28(2,3)15-37-27(34)33-19-11-21(12-20(33)14-36-13-19)38-26-24(35-4)25(30-16-31-26)32-23-8-7-18(10-22(23)29)9-17-5-6-17/h7-8,10,16-17,19-21H,5-6,9,11-15H2,1-4H3,(H,30,31,32). The number of carbonyl (C=O) groups is 1. The summed E-state index contributed by atoms with van der Waals surface area (Å²) in [5.41, 5.74) is 1.19. The number of hydrogen-bond acceptors (Lipinski definition) is 8. The second-order valence-electron chi connectivity index (χ2n) is 11.7. The maximum atomic E-state index is 14.8. The second-order valence-corrected chi connectivity index (χ2v) is 11.7. The Labute approximate surface area is 223 Å². The first-order valence-electron chi connectivity index (χ1n) is 13.3. The van der Waals surface area contributed by atoms with Crippen LogP contribution in [-0.2, 0) is 15.9 Å². The SMILES string of the molecule is COc1c(Nc2ccc(CC3CC3)cc2F)ncnc1OC1CC2COCC(C1)N2C(=O)OCC(C)(C)C. The molecule has 1 aromatic carbocycles. The van der Waals surface area contributed by atoms with Crippen LogP contribution in [0.3, 0.4) is 0 Å². The zero-order chi connectivity index (χ0) is 26.9. The molecule has 3 heterocycles. The number of rotatable bonds is 8. The fourth-order valence-electron chi connectivity index (χ4n) is 5.05. The Bertz CT molecular complexity index is 1140. The van der Waals surface area contributed by atoms with Gasteiger partial charge in [0, 0.05) is 12.8 Å². The minimum atomic E-state index is -0.343. The highest BCUT2D eigenvalue weighted by atomic mass is 19.1. The molecule has 3 fully saturated rings. The molecule has 2 saturated heterocycles. The lowest BCUT2D eigenvalue weighted by Gasteiger charge is -2.47. The largest absolute Gasteiger partial charge is 0.489 e. The van der Waals surface area contributed by atoms with Crippen LogP contribution < -0.4 is 14.8 Å². The molecular formula is C28H37FN4O5. The summed E-state index contributed by atoms with van der Waals surface area (Å²) in [6, 6.07) is 4.93. The molecule has 1 amide bonds. The van der Waals surface area contributed by atoms with Crippen molar-refractivity contribution in [1.82, 2.24) is 14.9 Å². The highest BCUT2D eigenvalue weighted by Gasteiger charge is 2.44. The van der Waals surface area contributed by atoms with Crippen molar-refractivity contribution < 1.29 is 28.1 Å². The van der Waals surface area contributed by atoms with E-state index in [4.69, 9.17) is 18.9 Å². The Morgan fingerprint density at radius 3 is 2.55 bits per heavy atom. The summed E-state index contributed by atoms with van der Waals surface area (Å²) in [6.45, 7) is 7.28. The van der Waals surface area contributed by atoms with Gasteiger partial charge in [-0.15, -0.1) is 0 Å². The molecule has 1 N–H and O–H groups in total. The molecule has 0 spiro atoms. The maximum absolute atomic E-state index is 14.8. The van der Waals surface area contributed by atoms with Crippen LogP contribution in [0.5, 0.6) is 11.6 Å².